The van der Waals surface area contributed by atoms with Gasteiger partial charge in [-0.25, -0.2) is 9.78 Å². The number of esters is 1. The number of ether oxygens (including phenoxy) is 3. The molecule has 1 N–H and O–H groups in total. The maximum Gasteiger partial charge on any atom is 0.339 e. The van der Waals surface area contributed by atoms with E-state index in [1.165, 1.54) is 31.3 Å². The number of hydrogen-bond acceptors (Lipinski definition) is 6. The zero-order valence-electron chi connectivity index (χ0n) is 13.6. The Balaban J connectivity index is 1.64. The fraction of sp³-hybridized carbons (Fsp3) is 0.235. The third-order valence-corrected chi connectivity index (χ3v) is 3.98. The Hall–Kier alpha value is -2.51. The maximum absolute atomic E-state index is 12.3. The third-order valence-electron chi connectivity index (χ3n) is 3.48. The highest BCUT2D eigenvalue weighted by Crippen LogP contribution is 2.31. The van der Waals surface area contributed by atoms with Crippen LogP contribution in [0.15, 0.2) is 30.5 Å². The molecule has 0 saturated heterocycles. The lowest BCUT2D eigenvalue weighted by molar-refractivity contribution is -0.123. The third kappa shape index (κ3) is 4.17. The minimum atomic E-state index is -1.07. The summed E-state index contributed by atoms with van der Waals surface area (Å²) in [4.78, 5) is 28.4. The van der Waals surface area contributed by atoms with Gasteiger partial charge in [-0.15, -0.1) is 0 Å². The van der Waals surface area contributed by atoms with E-state index in [2.05, 4.69) is 10.3 Å². The van der Waals surface area contributed by atoms with E-state index in [-0.39, 0.29) is 16.4 Å². The van der Waals surface area contributed by atoms with Gasteiger partial charge in [0.25, 0.3) is 5.91 Å². The van der Waals surface area contributed by atoms with Crippen LogP contribution in [0.2, 0.25) is 10.0 Å². The SMILES string of the molecule is CC(OC(=O)c1ccc2c(c1)OCCO2)C(=O)Nc1ncc(Cl)cc1Cl. The van der Waals surface area contributed by atoms with Gasteiger partial charge >= 0.3 is 5.97 Å². The number of carbonyl (C=O) groups excluding carboxylic acids is 2. The first-order chi connectivity index (χ1) is 12.4. The Morgan fingerprint density at radius 3 is 2.65 bits per heavy atom. The van der Waals surface area contributed by atoms with Crippen LogP contribution in [0, 0.1) is 0 Å². The number of carbonyl (C=O) groups is 2. The molecular formula is C17H14Cl2N2O5. The lowest BCUT2D eigenvalue weighted by Crippen LogP contribution is -2.30. The lowest BCUT2D eigenvalue weighted by atomic mass is 10.2. The smallest absolute Gasteiger partial charge is 0.339 e. The monoisotopic (exact) mass is 396 g/mol. The molecule has 26 heavy (non-hydrogen) atoms. The van der Waals surface area contributed by atoms with Gasteiger partial charge < -0.3 is 19.5 Å². The second-order valence-electron chi connectivity index (χ2n) is 5.38. The number of amides is 1. The molecule has 2 heterocycles. The molecule has 3 rings (SSSR count). The number of pyridine rings is 1. The Bertz CT molecular complexity index is 859. The van der Waals surface area contributed by atoms with Crippen molar-refractivity contribution >= 4 is 40.9 Å². The molecule has 1 aromatic carbocycles. The first-order valence-corrected chi connectivity index (χ1v) is 8.42. The zero-order chi connectivity index (χ0) is 18.7. The molecule has 9 heteroatoms. The van der Waals surface area contributed by atoms with Gasteiger partial charge in [0.2, 0.25) is 0 Å². The molecule has 1 aliphatic heterocycles. The topological polar surface area (TPSA) is 86.8 Å². The first kappa shape index (κ1) is 18.3. The van der Waals surface area contributed by atoms with Crippen LogP contribution in [-0.2, 0) is 9.53 Å². The minimum absolute atomic E-state index is 0.128. The molecule has 1 amide bonds. The average molecular weight is 397 g/mol. The molecule has 0 spiro atoms. The molecule has 7 nitrogen and oxygen atoms in total. The van der Waals surface area contributed by atoms with Gasteiger partial charge in [0, 0.05) is 6.20 Å². The van der Waals surface area contributed by atoms with Crippen LogP contribution in [0.3, 0.4) is 0 Å². The van der Waals surface area contributed by atoms with Crippen LogP contribution >= 0.6 is 23.2 Å². The molecular weight excluding hydrogens is 383 g/mol. The van der Waals surface area contributed by atoms with Crippen LogP contribution in [0.1, 0.15) is 17.3 Å². The van der Waals surface area contributed by atoms with E-state index in [4.69, 9.17) is 37.4 Å². The van der Waals surface area contributed by atoms with Crippen molar-refractivity contribution in [1.82, 2.24) is 4.98 Å². The Kier molecular flexibility index (Phi) is 5.49. The molecule has 0 bridgehead atoms. The van der Waals surface area contributed by atoms with Gasteiger partial charge in [0.15, 0.2) is 23.4 Å². The summed E-state index contributed by atoms with van der Waals surface area (Å²) in [6.07, 6.45) is 0.277. The zero-order valence-corrected chi connectivity index (χ0v) is 15.1. The number of aromatic nitrogens is 1. The fourth-order valence-electron chi connectivity index (χ4n) is 2.18. The number of nitrogens with one attached hydrogen (secondary N) is 1. The van der Waals surface area contributed by atoms with E-state index < -0.39 is 18.0 Å². The van der Waals surface area contributed by atoms with Crippen LogP contribution in [0.25, 0.3) is 0 Å². The van der Waals surface area contributed by atoms with Crippen LogP contribution < -0.4 is 14.8 Å². The summed E-state index contributed by atoms with van der Waals surface area (Å²) in [5, 5.41) is 3.00. The second-order valence-corrected chi connectivity index (χ2v) is 6.22. The molecule has 1 aromatic heterocycles. The van der Waals surface area contributed by atoms with Gasteiger partial charge in [-0.3, -0.25) is 4.79 Å². The number of benzene rings is 1. The molecule has 0 saturated carbocycles. The number of nitrogens with zero attached hydrogens (tertiary/aromatic N) is 1. The minimum Gasteiger partial charge on any atom is -0.486 e. The van der Waals surface area contributed by atoms with Crippen LogP contribution in [-0.4, -0.2) is 36.2 Å². The Morgan fingerprint density at radius 1 is 1.19 bits per heavy atom. The number of halogens is 2. The summed E-state index contributed by atoms with van der Waals surface area (Å²) in [7, 11) is 0. The molecule has 0 fully saturated rings. The van der Waals surface area contributed by atoms with Crippen molar-refractivity contribution in [3.05, 3.63) is 46.1 Å². The van der Waals surface area contributed by atoms with Crippen molar-refractivity contribution in [3.63, 3.8) is 0 Å². The normalized spacial score (nSPS) is 13.7. The van der Waals surface area contributed by atoms with E-state index >= 15 is 0 Å². The molecule has 1 aliphatic rings. The maximum atomic E-state index is 12.3. The number of anilines is 1. The summed E-state index contributed by atoms with van der Waals surface area (Å²) < 4.78 is 16.0. The van der Waals surface area contributed by atoms with Gasteiger partial charge in [-0.05, 0) is 31.2 Å². The number of rotatable bonds is 4. The molecule has 1 unspecified atom stereocenters. The highest BCUT2D eigenvalue weighted by atomic mass is 35.5. The Morgan fingerprint density at radius 2 is 1.92 bits per heavy atom. The van der Waals surface area contributed by atoms with E-state index in [1.54, 1.807) is 6.07 Å². The quantitative estimate of drug-likeness (QED) is 0.797. The van der Waals surface area contributed by atoms with Gasteiger partial charge in [-0.2, -0.15) is 0 Å². The van der Waals surface area contributed by atoms with Gasteiger partial charge in [0.1, 0.15) is 13.2 Å². The van der Waals surface area contributed by atoms with Crippen molar-refractivity contribution in [2.45, 2.75) is 13.0 Å². The first-order valence-electron chi connectivity index (χ1n) is 7.66. The summed E-state index contributed by atoms with van der Waals surface area (Å²) in [5.74, 6) is -0.0994. The summed E-state index contributed by atoms with van der Waals surface area (Å²) >= 11 is 11.7. The van der Waals surface area contributed by atoms with E-state index in [0.717, 1.165) is 0 Å². The molecule has 0 aliphatic carbocycles. The summed E-state index contributed by atoms with van der Waals surface area (Å²) in [5.41, 5.74) is 0.247. The van der Waals surface area contributed by atoms with Crippen molar-refractivity contribution in [2.24, 2.45) is 0 Å². The Labute approximate surface area is 159 Å². The number of hydrogen-bond donors (Lipinski definition) is 1. The largest absolute Gasteiger partial charge is 0.486 e. The predicted molar refractivity (Wildman–Crippen MR) is 95.2 cm³/mol. The number of fused-ring (bicyclic) bond motifs is 1. The predicted octanol–water partition coefficient (Wildman–Crippen LogP) is 3.34. The van der Waals surface area contributed by atoms with Gasteiger partial charge in [-0.1, -0.05) is 23.2 Å². The highest BCUT2D eigenvalue weighted by molar-refractivity contribution is 6.36. The van der Waals surface area contributed by atoms with Crippen molar-refractivity contribution < 1.29 is 23.8 Å². The average Bonchev–Trinajstić information content (AvgIpc) is 2.63. The molecule has 1 atom stereocenters. The summed E-state index contributed by atoms with van der Waals surface area (Å²) in [6, 6.07) is 6.11. The standard InChI is InChI=1S/C17H14Cl2N2O5/c1-9(16(22)21-15-12(19)7-11(18)8-20-15)26-17(23)10-2-3-13-14(6-10)25-5-4-24-13/h2-3,6-9H,4-5H2,1H3,(H,20,21,22). The fourth-order valence-corrected chi connectivity index (χ4v) is 2.60. The molecule has 136 valence electrons. The van der Waals surface area contributed by atoms with Crippen molar-refractivity contribution in [3.8, 4) is 11.5 Å². The highest BCUT2D eigenvalue weighted by Gasteiger charge is 2.22. The van der Waals surface area contributed by atoms with E-state index in [0.29, 0.717) is 29.7 Å². The molecule has 2 aromatic rings. The van der Waals surface area contributed by atoms with Crippen LogP contribution in [0.4, 0.5) is 5.82 Å². The van der Waals surface area contributed by atoms with E-state index in [9.17, 15) is 9.59 Å². The summed E-state index contributed by atoms with van der Waals surface area (Å²) in [6.45, 7) is 2.30. The molecule has 0 radical (unpaired) electrons. The van der Waals surface area contributed by atoms with Crippen molar-refractivity contribution in [1.29, 1.82) is 0 Å². The van der Waals surface area contributed by atoms with Gasteiger partial charge in [0.05, 0.1) is 15.6 Å². The van der Waals surface area contributed by atoms with E-state index in [1.807, 2.05) is 0 Å². The lowest BCUT2D eigenvalue weighted by Gasteiger charge is -2.19. The second kappa shape index (κ2) is 7.80. The van der Waals surface area contributed by atoms with Crippen molar-refractivity contribution in [2.75, 3.05) is 18.5 Å². The van der Waals surface area contributed by atoms with Crippen LogP contribution in [0.5, 0.6) is 11.5 Å².